The highest BCUT2D eigenvalue weighted by molar-refractivity contribution is 6.42. The Hall–Kier alpha value is -2.28. The van der Waals surface area contributed by atoms with Crippen LogP contribution in [0.5, 0.6) is 5.75 Å². The summed E-state index contributed by atoms with van der Waals surface area (Å²) in [7, 11) is 0. The largest absolute Gasteiger partial charge is 0.484 e. The lowest BCUT2D eigenvalue weighted by Crippen LogP contribution is -2.34. The fourth-order valence-electron chi connectivity index (χ4n) is 2.04. The van der Waals surface area contributed by atoms with Crippen molar-refractivity contribution in [2.45, 2.75) is 0 Å². The molecule has 1 heterocycles. The molecule has 0 bridgehead atoms. The topological polar surface area (TPSA) is 93.0 Å². The molecule has 0 spiro atoms. The van der Waals surface area contributed by atoms with Crippen LogP contribution in [0, 0.1) is 0 Å². The van der Waals surface area contributed by atoms with E-state index in [1.54, 1.807) is 24.3 Å². The fourth-order valence-corrected chi connectivity index (χ4v) is 2.36. The van der Waals surface area contributed by atoms with E-state index in [0.717, 1.165) is 16.6 Å². The van der Waals surface area contributed by atoms with Crippen LogP contribution in [0.4, 0.5) is 0 Å². The number of nitrogens with two attached hydrogens (primary N) is 1. The molecular weight excluding hydrogens is 339 g/mol. The van der Waals surface area contributed by atoms with Crippen LogP contribution in [-0.4, -0.2) is 22.5 Å². The summed E-state index contributed by atoms with van der Waals surface area (Å²) < 4.78 is 5.28. The normalized spacial score (nSPS) is 10.7. The maximum atomic E-state index is 11.0. The summed E-state index contributed by atoms with van der Waals surface area (Å²) in [6.45, 7) is -0.141. The van der Waals surface area contributed by atoms with Crippen LogP contribution in [0.2, 0.25) is 10.0 Å². The van der Waals surface area contributed by atoms with Gasteiger partial charge in [0.15, 0.2) is 6.61 Å². The van der Waals surface area contributed by atoms with Crippen molar-refractivity contribution >= 4 is 40.1 Å². The van der Waals surface area contributed by atoms with Crippen molar-refractivity contribution in [2.75, 3.05) is 6.61 Å². The second-order valence-electron chi connectivity index (χ2n) is 4.75. The molecular formula is C15H12Cl2N4O2. The number of aromatic nitrogens is 2. The molecule has 4 N–H and O–H groups in total. The number of H-pyrrole nitrogens is 1. The van der Waals surface area contributed by atoms with Gasteiger partial charge in [-0.05, 0) is 36.4 Å². The van der Waals surface area contributed by atoms with E-state index in [1.165, 1.54) is 0 Å². The maximum Gasteiger partial charge on any atom is 0.271 e. The van der Waals surface area contributed by atoms with E-state index in [1.807, 2.05) is 17.6 Å². The lowest BCUT2D eigenvalue weighted by molar-refractivity contribution is -0.123. The smallest absolute Gasteiger partial charge is 0.271 e. The summed E-state index contributed by atoms with van der Waals surface area (Å²) in [6.07, 6.45) is 0. The molecule has 0 aliphatic heterocycles. The highest BCUT2D eigenvalue weighted by Gasteiger charge is 2.09. The van der Waals surface area contributed by atoms with E-state index in [0.29, 0.717) is 21.6 Å². The van der Waals surface area contributed by atoms with Gasteiger partial charge < -0.3 is 9.72 Å². The zero-order valence-corrected chi connectivity index (χ0v) is 13.3. The molecule has 3 rings (SSSR count). The van der Waals surface area contributed by atoms with Crippen molar-refractivity contribution in [1.82, 2.24) is 15.4 Å². The molecule has 0 saturated heterocycles. The molecule has 1 aromatic heterocycles. The Morgan fingerprint density at radius 3 is 2.61 bits per heavy atom. The summed E-state index contributed by atoms with van der Waals surface area (Å²) >= 11 is 12.0. The Morgan fingerprint density at radius 2 is 1.91 bits per heavy atom. The lowest BCUT2D eigenvalue weighted by atomic mass is 10.2. The Labute approximate surface area is 141 Å². The first-order chi connectivity index (χ1) is 11.1. The lowest BCUT2D eigenvalue weighted by Gasteiger charge is -2.05. The molecule has 0 saturated carbocycles. The number of hydrazine groups is 1. The standard InChI is InChI=1S/C15H12Cl2N4O2/c16-10-5-12-13(6-11(10)17)20-15(19-12)8-1-3-9(4-2-8)23-7-14(22)21-18/h1-6H,7,18H2,(H,19,20)(H,21,22). The molecule has 0 fully saturated rings. The minimum atomic E-state index is -0.403. The van der Waals surface area contributed by atoms with E-state index in [2.05, 4.69) is 9.97 Å². The number of nitrogens with zero attached hydrogens (tertiary/aromatic N) is 1. The number of imidazole rings is 1. The SMILES string of the molecule is NNC(=O)COc1ccc(-c2nc3cc(Cl)c(Cl)cc3[nH]2)cc1. The molecule has 2 aromatic carbocycles. The van der Waals surface area contributed by atoms with Crippen LogP contribution in [0.15, 0.2) is 36.4 Å². The number of rotatable bonds is 4. The molecule has 0 atom stereocenters. The monoisotopic (exact) mass is 350 g/mol. The van der Waals surface area contributed by atoms with Gasteiger partial charge in [0.25, 0.3) is 5.91 Å². The van der Waals surface area contributed by atoms with Crippen molar-refractivity contribution in [2.24, 2.45) is 5.84 Å². The molecule has 0 aliphatic carbocycles. The third-order valence-electron chi connectivity index (χ3n) is 3.18. The van der Waals surface area contributed by atoms with Crippen LogP contribution in [0.3, 0.4) is 0 Å². The fraction of sp³-hybridized carbons (Fsp3) is 0.0667. The molecule has 0 radical (unpaired) electrons. The van der Waals surface area contributed by atoms with Gasteiger partial charge in [-0.15, -0.1) is 0 Å². The van der Waals surface area contributed by atoms with Gasteiger partial charge in [0.1, 0.15) is 11.6 Å². The number of nitrogens with one attached hydrogen (secondary N) is 2. The number of halogens is 2. The predicted octanol–water partition coefficient (Wildman–Crippen LogP) is 2.91. The van der Waals surface area contributed by atoms with Crippen molar-refractivity contribution in [3.8, 4) is 17.1 Å². The first-order valence-electron chi connectivity index (χ1n) is 6.64. The molecule has 0 unspecified atom stereocenters. The minimum absolute atomic E-state index is 0.141. The van der Waals surface area contributed by atoms with Gasteiger partial charge in [0.2, 0.25) is 0 Å². The van der Waals surface area contributed by atoms with Gasteiger partial charge in [-0.3, -0.25) is 10.2 Å². The number of ether oxygens (including phenoxy) is 1. The number of benzene rings is 2. The maximum absolute atomic E-state index is 11.0. The summed E-state index contributed by atoms with van der Waals surface area (Å²) in [5, 5.41) is 0.926. The third kappa shape index (κ3) is 3.39. The summed E-state index contributed by atoms with van der Waals surface area (Å²) in [5.74, 6) is 5.82. The molecule has 1 amide bonds. The van der Waals surface area contributed by atoms with Crippen molar-refractivity contribution in [3.05, 3.63) is 46.4 Å². The summed E-state index contributed by atoms with van der Waals surface area (Å²) in [5.41, 5.74) is 4.39. The van der Waals surface area contributed by atoms with Gasteiger partial charge in [-0.1, -0.05) is 23.2 Å². The van der Waals surface area contributed by atoms with Gasteiger partial charge >= 0.3 is 0 Å². The first kappa shape index (κ1) is 15.6. The van der Waals surface area contributed by atoms with E-state index in [9.17, 15) is 4.79 Å². The van der Waals surface area contributed by atoms with Crippen LogP contribution in [-0.2, 0) is 4.79 Å². The number of hydrogen-bond donors (Lipinski definition) is 3. The molecule has 23 heavy (non-hydrogen) atoms. The van der Waals surface area contributed by atoms with E-state index >= 15 is 0 Å². The Balaban J connectivity index is 1.83. The molecule has 118 valence electrons. The number of aromatic amines is 1. The van der Waals surface area contributed by atoms with Crippen LogP contribution in [0.1, 0.15) is 0 Å². The van der Waals surface area contributed by atoms with Gasteiger partial charge in [-0.25, -0.2) is 10.8 Å². The Kier molecular flexibility index (Phi) is 4.38. The molecule has 3 aromatic rings. The Bertz CT molecular complexity index is 823. The number of carbonyl (C=O) groups is 1. The predicted molar refractivity (Wildman–Crippen MR) is 89.4 cm³/mol. The van der Waals surface area contributed by atoms with E-state index in [-0.39, 0.29) is 6.61 Å². The minimum Gasteiger partial charge on any atom is -0.484 e. The quantitative estimate of drug-likeness (QED) is 0.383. The van der Waals surface area contributed by atoms with Gasteiger partial charge in [-0.2, -0.15) is 0 Å². The number of hydrogen-bond acceptors (Lipinski definition) is 4. The van der Waals surface area contributed by atoms with Gasteiger partial charge in [0, 0.05) is 5.56 Å². The zero-order chi connectivity index (χ0) is 16.4. The highest BCUT2D eigenvalue weighted by Crippen LogP contribution is 2.29. The third-order valence-corrected chi connectivity index (χ3v) is 3.90. The van der Waals surface area contributed by atoms with Crippen LogP contribution in [0.25, 0.3) is 22.4 Å². The highest BCUT2D eigenvalue weighted by atomic mass is 35.5. The Morgan fingerprint density at radius 1 is 1.22 bits per heavy atom. The van der Waals surface area contributed by atoms with E-state index < -0.39 is 5.91 Å². The second-order valence-corrected chi connectivity index (χ2v) is 5.56. The number of fused-ring (bicyclic) bond motifs is 1. The van der Waals surface area contributed by atoms with Crippen LogP contribution >= 0.6 is 23.2 Å². The molecule has 8 heteroatoms. The summed E-state index contributed by atoms with van der Waals surface area (Å²) in [4.78, 5) is 18.7. The van der Waals surface area contributed by atoms with Crippen molar-refractivity contribution in [3.63, 3.8) is 0 Å². The van der Waals surface area contributed by atoms with Crippen LogP contribution < -0.4 is 16.0 Å². The van der Waals surface area contributed by atoms with Gasteiger partial charge in [0.05, 0.1) is 21.1 Å². The average molecular weight is 351 g/mol. The zero-order valence-electron chi connectivity index (χ0n) is 11.8. The van der Waals surface area contributed by atoms with Crippen molar-refractivity contribution in [1.29, 1.82) is 0 Å². The second kappa shape index (κ2) is 6.45. The van der Waals surface area contributed by atoms with E-state index in [4.69, 9.17) is 33.8 Å². The van der Waals surface area contributed by atoms with Crippen molar-refractivity contribution < 1.29 is 9.53 Å². The summed E-state index contributed by atoms with van der Waals surface area (Å²) in [6, 6.07) is 10.6. The molecule has 0 aliphatic rings. The average Bonchev–Trinajstić information content (AvgIpc) is 2.96. The first-order valence-corrected chi connectivity index (χ1v) is 7.40. The number of carbonyl (C=O) groups excluding carboxylic acids is 1. The number of amides is 1. The molecule has 6 nitrogen and oxygen atoms in total.